The zero-order valence-corrected chi connectivity index (χ0v) is 12.0. The van der Waals surface area contributed by atoms with Crippen LogP contribution in [0.4, 0.5) is 13.2 Å². The molecular weight excluding hydrogens is 263 g/mol. The molecule has 0 aromatic carbocycles. The predicted molar refractivity (Wildman–Crippen MR) is 65.8 cm³/mol. The van der Waals surface area contributed by atoms with Crippen LogP contribution in [0.25, 0.3) is 0 Å². The van der Waals surface area contributed by atoms with Crippen LogP contribution in [-0.4, -0.2) is 26.0 Å². The monoisotopic (exact) mass is 281 g/mol. The van der Waals surface area contributed by atoms with Gasteiger partial charge in [-0.2, -0.15) is 13.2 Å². The lowest BCUT2D eigenvalue weighted by atomic mass is 10.0. The first-order chi connectivity index (χ1) is 7.96. The summed E-state index contributed by atoms with van der Waals surface area (Å²) in [5.41, 5.74) is -0.367. The van der Waals surface area contributed by atoms with Gasteiger partial charge in [0.05, 0.1) is 0 Å². The van der Waals surface area contributed by atoms with Crippen molar-refractivity contribution in [2.75, 3.05) is 0 Å². The average molecular weight is 281 g/mol. The van der Waals surface area contributed by atoms with Crippen LogP contribution in [0.15, 0.2) is 17.3 Å². The van der Waals surface area contributed by atoms with Crippen molar-refractivity contribution in [1.82, 2.24) is 0 Å². The Labute approximate surface area is 106 Å². The van der Waals surface area contributed by atoms with E-state index in [1.54, 1.807) is 6.92 Å². The van der Waals surface area contributed by atoms with Crippen LogP contribution in [0.3, 0.4) is 0 Å². The molecule has 1 unspecified atom stereocenters. The first-order valence-electron chi connectivity index (χ1n) is 5.65. The van der Waals surface area contributed by atoms with Gasteiger partial charge < -0.3 is 9.26 Å². The Balaban J connectivity index is 2.94. The fraction of sp³-hybridized carbons (Fsp3) is 0.727. The number of nitrogens with zero attached hydrogens (tertiary/aromatic N) is 1. The molecule has 0 saturated carbocycles. The van der Waals surface area contributed by atoms with Crippen LogP contribution in [-0.2, 0) is 9.26 Å². The van der Waals surface area contributed by atoms with Crippen molar-refractivity contribution in [2.24, 2.45) is 5.16 Å². The molecule has 1 heterocycles. The van der Waals surface area contributed by atoms with Crippen molar-refractivity contribution in [2.45, 2.75) is 51.4 Å². The van der Waals surface area contributed by atoms with Crippen LogP contribution < -0.4 is 0 Å². The minimum absolute atomic E-state index is 0.0882. The van der Waals surface area contributed by atoms with Crippen molar-refractivity contribution >= 4 is 14.0 Å². The van der Waals surface area contributed by atoms with Gasteiger partial charge in [-0.05, 0) is 32.1 Å². The highest BCUT2D eigenvalue weighted by atomic mass is 28.4. The van der Waals surface area contributed by atoms with Crippen molar-refractivity contribution < 1.29 is 22.4 Å². The van der Waals surface area contributed by atoms with E-state index in [2.05, 4.69) is 11.7 Å². The Hall–Kier alpha value is -0.823. The van der Waals surface area contributed by atoms with Gasteiger partial charge in [-0.3, -0.25) is 0 Å². The Kier molecular flexibility index (Phi) is 3.97. The standard InChI is InChI=1S/C11H18F3NO2Si/c1-8(2)10(17-18(3,4)5)7-6-9(15-16-10)11(12,13)14/h1,6-7H2,2-5H3. The van der Waals surface area contributed by atoms with E-state index in [0.29, 0.717) is 5.57 Å². The van der Waals surface area contributed by atoms with Crippen molar-refractivity contribution in [3.63, 3.8) is 0 Å². The molecule has 0 radical (unpaired) electrons. The molecule has 3 nitrogen and oxygen atoms in total. The van der Waals surface area contributed by atoms with Crippen LogP contribution in [0, 0.1) is 0 Å². The summed E-state index contributed by atoms with van der Waals surface area (Å²) in [5, 5.41) is 3.19. The maximum Gasteiger partial charge on any atom is 0.432 e. The van der Waals surface area contributed by atoms with Crippen molar-refractivity contribution in [3.8, 4) is 0 Å². The largest absolute Gasteiger partial charge is 0.432 e. The lowest BCUT2D eigenvalue weighted by molar-refractivity contribution is -0.177. The molecule has 0 N–H and O–H groups in total. The number of oxime groups is 1. The summed E-state index contributed by atoms with van der Waals surface area (Å²) in [6.45, 7) is 11.2. The Morgan fingerprint density at radius 1 is 1.44 bits per heavy atom. The number of hydrogen-bond donors (Lipinski definition) is 0. The molecule has 0 bridgehead atoms. The lowest BCUT2D eigenvalue weighted by Crippen LogP contribution is -2.47. The number of rotatable bonds is 3. The van der Waals surface area contributed by atoms with Gasteiger partial charge in [0, 0.05) is 12.8 Å². The second-order valence-electron chi connectivity index (χ2n) is 5.37. The summed E-state index contributed by atoms with van der Waals surface area (Å²) in [6, 6.07) is 0. The van der Waals surface area contributed by atoms with E-state index >= 15 is 0 Å². The summed E-state index contributed by atoms with van der Waals surface area (Å²) < 4.78 is 43.2. The normalized spacial score (nSPS) is 25.4. The Bertz CT molecular complexity index is 373. The molecule has 104 valence electrons. The van der Waals surface area contributed by atoms with Gasteiger partial charge in [0.15, 0.2) is 14.0 Å². The minimum Gasteiger partial charge on any atom is -0.377 e. The number of alkyl halides is 3. The molecule has 0 spiro atoms. The van der Waals surface area contributed by atoms with Gasteiger partial charge in [-0.1, -0.05) is 11.7 Å². The molecule has 18 heavy (non-hydrogen) atoms. The van der Waals surface area contributed by atoms with E-state index in [1.165, 1.54) is 0 Å². The molecule has 0 amide bonds. The predicted octanol–water partition coefficient (Wildman–Crippen LogP) is 3.84. The van der Waals surface area contributed by atoms with Crippen molar-refractivity contribution in [1.29, 1.82) is 0 Å². The third-order valence-electron chi connectivity index (χ3n) is 2.44. The van der Waals surface area contributed by atoms with Crippen LogP contribution in [0.5, 0.6) is 0 Å². The van der Waals surface area contributed by atoms with Crippen molar-refractivity contribution in [3.05, 3.63) is 12.2 Å². The molecule has 0 aromatic heterocycles. The molecule has 0 aliphatic carbocycles. The van der Waals surface area contributed by atoms with Crippen LogP contribution >= 0.6 is 0 Å². The van der Waals surface area contributed by atoms with E-state index in [1.807, 2.05) is 19.6 Å². The third kappa shape index (κ3) is 3.58. The van der Waals surface area contributed by atoms with Gasteiger partial charge in [-0.15, -0.1) is 0 Å². The quantitative estimate of drug-likeness (QED) is 0.581. The van der Waals surface area contributed by atoms with Crippen LogP contribution in [0.1, 0.15) is 19.8 Å². The Morgan fingerprint density at radius 2 is 2.00 bits per heavy atom. The minimum atomic E-state index is -4.44. The van der Waals surface area contributed by atoms with Crippen LogP contribution in [0.2, 0.25) is 19.6 Å². The lowest BCUT2D eigenvalue weighted by Gasteiger charge is -2.39. The summed E-state index contributed by atoms with van der Waals surface area (Å²) >= 11 is 0. The molecule has 0 fully saturated rings. The SMILES string of the molecule is C=C(C)C1(O[Si](C)(C)C)CCC(C(F)(F)F)=NO1. The molecule has 1 aliphatic rings. The summed E-state index contributed by atoms with van der Waals surface area (Å²) in [5.74, 6) is -1.21. The molecule has 0 saturated heterocycles. The smallest absolute Gasteiger partial charge is 0.377 e. The highest BCUT2D eigenvalue weighted by Gasteiger charge is 2.47. The highest BCUT2D eigenvalue weighted by Crippen LogP contribution is 2.37. The molecule has 1 atom stereocenters. The first-order valence-corrected chi connectivity index (χ1v) is 9.05. The first kappa shape index (κ1) is 15.2. The second kappa shape index (κ2) is 4.69. The topological polar surface area (TPSA) is 30.8 Å². The maximum absolute atomic E-state index is 12.5. The second-order valence-corrected chi connectivity index (χ2v) is 9.80. The van der Waals surface area contributed by atoms with E-state index in [0.717, 1.165) is 0 Å². The zero-order valence-electron chi connectivity index (χ0n) is 11.0. The zero-order chi connectivity index (χ0) is 14.2. The number of hydrogen-bond acceptors (Lipinski definition) is 3. The van der Waals surface area contributed by atoms with Gasteiger partial charge in [0.1, 0.15) is 0 Å². The van der Waals surface area contributed by atoms with Gasteiger partial charge in [0.25, 0.3) is 0 Å². The van der Waals surface area contributed by atoms with E-state index < -0.39 is 26.0 Å². The summed E-state index contributed by atoms with van der Waals surface area (Å²) in [7, 11) is -1.98. The third-order valence-corrected chi connectivity index (χ3v) is 3.38. The Morgan fingerprint density at radius 3 is 2.28 bits per heavy atom. The van der Waals surface area contributed by atoms with E-state index in [9.17, 15) is 13.2 Å². The van der Waals surface area contributed by atoms with E-state index in [-0.39, 0.29) is 12.8 Å². The van der Waals surface area contributed by atoms with Gasteiger partial charge in [-0.25, -0.2) is 0 Å². The highest BCUT2D eigenvalue weighted by molar-refractivity contribution is 6.69. The fourth-order valence-electron chi connectivity index (χ4n) is 1.64. The molecule has 0 aromatic rings. The molecule has 7 heteroatoms. The van der Waals surface area contributed by atoms with E-state index in [4.69, 9.17) is 9.26 Å². The summed E-state index contributed by atoms with van der Waals surface area (Å²) in [6.07, 6.45) is -4.58. The van der Waals surface area contributed by atoms with Gasteiger partial charge in [0.2, 0.25) is 5.79 Å². The maximum atomic E-state index is 12.5. The average Bonchev–Trinajstić information content (AvgIpc) is 2.13. The molecular formula is C11H18F3NO2Si. The molecule has 1 aliphatic heterocycles. The summed E-state index contributed by atoms with van der Waals surface area (Å²) in [4.78, 5) is 5.02. The fourth-order valence-corrected chi connectivity index (χ4v) is 2.94. The molecule has 1 rings (SSSR count). The van der Waals surface area contributed by atoms with Gasteiger partial charge >= 0.3 is 6.18 Å². The number of halogens is 3.